The highest BCUT2D eigenvalue weighted by atomic mass is 32.2. The third kappa shape index (κ3) is 55.5. The number of aromatic amines is 1. The summed E-state index contributed by atoms with van der Waals surface area (Å²) in [6, 6.07) is -4.72. The molecule has 2 aliphatic heterocycles. The van der Waals surface area contributed by atoms with Crippen molar-refractivity contribution in [3.05, 3.63) is 36.0 Å². The zero-order valence-corrected chi connectivity index (χ0v) is 92.4. The van der Waals surface area contributed by atoms with Gasteiger partial charge in [-0.25, -0.2) is 16.8 Å². The van der Waals surface area contributed by atoms with Crippen LogP contribution in [0.25, 0.3) is 10.9 Å². The van der Waals surface area contributed by atoms with Crippen molar-refractivity contribution in [2.75, 3.05) is 127 Å². The van der Waals surface area contributed by atoms with Gasteiger partial charge in [-0.2, -0.15) is 24.4 Å². The lowest BCUT2D eigenvalue weighted by Gasteiger charge is -2.35. The van der Waals surface area contributed by atoms with Crippen molar-refractivity contribution in [2.24, 2.45) is 52.7 Å². The predicted octanol–water partition coefficient (Wildman–Crippen LogP) is 1.70. The number of thioether (sulfide) groups is 1. The number of unbranched alkanes of at least 4 members (excludes halogenated alkanes) is 4. The molecule has 2 saturated heterocycles. The SMILES string of the molecule is CCC(=O)NC.CCCC[C@@H]1NC(=O)CN(C(C)(C)C)CCNC(=O)[C@H](CCCCN)NC(=O)[C@H](CC(C)C)NC(=O)[C@H](CCCCN)NC(=O)[C@H](CC(C)C)NC(=O)[C@H](CCCCN)NC(=O)COC[C@H]2CCCN2C(=O)[C@H](Cc2c[nH]c3ccccc23)NC(=O)[C@H](C)NC(=O)[C@H](C(C)C)NC(=O)[C@H](C(C)C)NC1=O.CNC(=O)CSC[C@H](C)C(=O)NCCCS(C)(=O)=O.C[C@@H](CS)C(=O)NCCCS(C)(=O)=O. The number of nitrogens with zero attached hydrogens (tertiary/aromatic N) is 2. The first-order chi connectivity index (χ1) is 67.7. The quantitative estimate of drug-likeness (QED) is 0.0334. The Morgan fingerprint density at radius 3 is 1.44 bits per heavy atom. The minimum Gasteiger partial charge on any atom is -0.370 e. The van der Waals surface area contributed by atoms with Crippen LogP contribution in [0.1, 0.15) is 238 Å². The van der Waals surface area contributed by atoms with Gasteiger partial charge in [0.05, 0.1) is 36.5 Å². The summed E-state index contributed by atoms with van der Waals surface area (Å²) in [5.41, 5.74) is 18.5. The Morgan fingerprint density at radius 1 is 0.535 bits per heavy atom. The summed E-state index contributed by atoms with van der Waals surface area (Å²) in [5, 5.41) is 42.5. The van der Waals surface area contributed by atoms with E-state index in [1.54, 1.807) is 66.7 Å². The first-order valence-corrected chi connectivity index (χ1v) is 56.7. The Morgan fingerprint density at radius 2 is 0.979 bits per heavy atom. The zero-order valence-electron chi connectivity index (χ0n) is 89.0. The van der Waals surface area contributed by atoms with E-state index in [0.29, 0.717) is 140 Å². The Labute approximate surface area is 864 Å². The van der Waals surface area contributed by atoms with Crippen molar-refractivity contribution in [2.45, 2.75) is 311 Å². The molecule has 0 radical (unpaired) electrons. The van der Waals surface area contributed by atoms with Crippen molar-refractivity contribution >= 4 is 149 Å². The molecule has 0 saturated carbocycles. The molecule has 42 nitrogen and oxygen atoms in total. The molecule has 0 unspecified atom stereocenters. The third-order valence-corrected chi connectivity index (χ3v) is 27.5. The number of ether oxygens (including phenoxy) is 1. The van der Waals surface area contributed by atoms with Crippen LogP contribution in [-0.2, 0) is 108 Å². The average molecular weight is 2110 g/mol. The van der Waals surface area contributed by atoms with E-state index in [-0.39, 0.29) is 130 Å². The number of para-hydroxylation sites is 1. The molecule has 0 spiro atoms. The Hall–Kier alpha value is -9.32. The second kappa shape index (κ2) is 71.3. The third-order valence-electron chi connectivity index (χ3n) is 23.7. The first kappa shape index (κ1) is 133. The van der Waals surface area contributed by atoms with Crippen LogP contribution in [0, 0.1) is 35.5 Å². The number of thiol groups is 1. The van der Waals surface area contributed by atoms with Crippen molar-refractivity contribution in [3.8, 4) is 0 Å². The molecule has 824 valence electrons. The average Bonchev–Trinajstić information content (AvgIpc) is 1.66. The van der Waals surface area contributed by atoms with Crippen LogP contribution in [0.2, 0.25) is 0 Å². The lowest BCUT2D eigenvalue weighted by Crippen LogP contribution is -2.61. The maximum absolute atomic E-state index is 15.0. The number of nitrogens with two attached hydrogens (primary N) is 3. The lowest BCUT2D eigenvalue weighted by molar-refractivity contribution is -0.139. The predicted molar refractivity (Wildman–Crippen MR) is 566 cm³/mol. The smallest absolute Gasteiger partial charge is 0.246 e. The molecule has 2 aliphatic rings. The van der Waals surface area contributed by atoms with Gasteiger partial charge in [0.15, 0.2) is 0 Å². The summed E-state index contributed by atoms with van der Waals surface area (Å²) in [6.07, 6.45) is 11.7. The van der Waals surface area contributed by atoms with Gasteiger partial charge in [0.25, 0.3) is 0 Å². The number of amides is 16. The molecule has 0 aliphatic carbocycles. The Balaban J connectivity index is 0.00000220. The Kier molecular flexibility index (Phi) is 65.7. The molecule has 13 atom stereocenters. The van der Waals surface area contributed by atoms with Gasteiger partial charge in [0.2, 0.25) is 94.5 Å². The molecule has 22 N–H and O–H groups in total. The normalized spacial score (nSPS) is 21.7. The molecule has 0 bridgehead atoms. The van der Waals surface area contributed by atoms with Gasteiger partial charge in [-0.1, -0.05) is 114 Å². The maximum Gasteiger partial charge on any atom is 0.246 e. The fourth-order valence-electron chi connectivity index (χ4n) is 15.1. The second-order valence-corrected chi connectivity index (χ2v) is 45.4. The number of rotatable bonds is 39. The number of benzene rings is 1. The molecule has 1 aromatic carbocycles. The first-order valence-electron chi connectivity index (χ1n) is 50.7. The van der Waals surface area contributed by atoms with Crippen molar-refractivity contribution in [1.29, 1.82) is 0 Å². The van der Waals surface area contributed by atoms with E-state index in [9.17, 15) is 93.5 Å². The molecule has 4 rings (SSSR count). The molecule has 1 aromatic heterocycles. The van der Waals surface area contributed by atoms with Crippen LogP contribution < -0.4 is 97.0 Å². The standard InChI is InChI=1S/C75H129N17O13.C11H22N2O4S2.C8H17NO3S2.C4H9NO/c1-14-15-27-55-69(99)89-64(48(8)9)73(103)90-63(47(6)7)72(102)81-49(10)65(95)88-60(40-50-41-80-53-28-17-16-26-52(50)53)74(104)92-36-24-25-51(92)43-105-44-62(94)83-56(30-19-22-33-77)67(97)86-59(39-46(4)5)71(101)85-57(31-20-23-34-78)68(98)87-58(38-45(2)3)70(100)84-54(29-18-21-32-76)66(96)79-35-37-91(75(11,12)13)42-61(93)82-55;1-9(7-18-8-10(14)12-2)11(15)13-5-4-6-19(3,16)17;1-7(6-13)8(10)9-4-3-5-14(2,11)12;1-3-4(6)5-2/h16-17,26,28,41,45-49,51,54-60,63-64,80H,14-15,18-25,27,29-40,42-44,76-78H2,1-13H3,(H,79,96)(H,81,102)(H,82,93)(H,83,94)(H,84,100)(H,85,101)(H,86,97)(H,87,98)(H,88,95)(H,89,99)(H,90,103);9H,4-8H2,1-3H3,(H,12,14)(H,13,15);7,13H,3-6H2,1-2H3,(H,9,10);3H2,1-2H3,(H,5,6)/t49-,51+,54-,55-,56-,57-,58-,59-,60-,63-,64-;9-;7-;/m000./s1. The van der Waals surface area contributed by atoms with E-state index in [1.807, 2.05) is 91.5 Å². The number of sulfone groups is 2. The number of hydrogen-bond acceptors (Lipinski definition) is 27. The largest absolute Gasteiger partial charge is 0.370 e. The molecular weight excluding hydrogens is 1940 g/mol. The van der Waals surface area contributed by atoms with Gasteiger partial charge in [-0.15, -0.1) is 0 Å². The molecule has 46 heteroatoms. The zero-order chi connectivity index (χ0) is 109. The van der Waals surface area contributed by atoms with Gasteiger partial charge in [-0.05, 0) is 185 Å². The summed E-state index contributed by atoms with van der Waals surface area (Å²) in [5.74, 6) is -7.73. The summed E-state index contributed by atoms with van der Waals surface area (Å²) in [4.78, 5) is 224. The van der Waals surface area contributed by atoms with Gasteiger partial charge < -0.3 is 112 Å². The second-order valence-electron chi connectivity index (χ2n) is 39.5. The van der Waals surface area contributed by atoms with Crippen LogP contribution in [0.5, 0.6) is 0 Å². The monoisotopic (exact) mass is 2110 g/mol. The van der Waals surface area contributed by atoms with Gasteiger partial charge in [-0.3, -0.25) is 81.6 Å². The van der Waals surface area contributed by atoms with E-state index in [2.05, 4.69) is 97.4 Å². The van der Waals surface area contributed by atoms with Gasteiger partial charge in [0.1, 0.15) is 86.7 Å². The minimum atomic E-state index is -2.97. The summed E-state index contributed by atoms with van der Waals surface area (Å²) in [6.45, 7) is 30.2. The summed E-state index contributed by atoms with van der Waals surface area (Å²) in [7, 11) is -2.68. The molecule has 2 fully saturated rings. The lowest BCUT2D eigenvalue weighted by atomic mass is 9.98. The van der Waals surface area contributed by atoms with Crippen molar-refractivity contribution < 1.29 is 98.3 Å². The molecule has 16 amide bonds. The molecule has 144 heavy (non-hydrogen) atoms. The molecule has 3 heterocycles. The van der Waals surface area contributed by atoms with Crippen molar-refractivity contribution in [1.82, 2.24) is 94.5 Å². The highest BCUT2D eigenvalue weighted by Gasteiger charge is 2.40. The number of aromatic nitrogens is 1. The number of carbonyl (C=O) groups excluding carboxylic acids is 16. The van der Waals surface area contributed by atoms with Crippen LogP contribution in [-0.4, -0.2) is 326 Å². The van der Waals surface area contributed by atoms with Gasteiger partial charge >= 0.3 is 0 Å². The van der Waals surface area contributed by atoms with Crippen molar-refractivity contribution in [3.63, 3.8) is 0 Å². The molecular formula is C98H177N21O21S4. The van der Waals surface area contributed by atoms with E-state index >= 15 is 0 Å². The topological polar surface area (TPSA) is 631 Å². The number of fused-ring (bicyclic) bond motifs is 2. The summed E-state index contributed by atoms with van der Waals surface area (Å²) < 4.78 is 49.3. The van der Waals surface area contributed by atoms with E-state index in [4.69, 9.17) is 21.9 Å². The Bertz CT molecular complexity index is 4540. The summed E-state index contributed by atoms with van der Waals surface area (Å²) >= 11 is 5.39. The van der Waals surface area contributed by atoms with Gasteiger partial charge in [0, 0.05) is 118 Å². The van der Waals surface area contributed by atoms with E-state index in [1.165, 1.54) is 31.2 Å². The maximum atomic E-state index is 15.0. The number of H-pyrrole nitrogens is 1. The fraction of sp³-hybridized carbons (Fsp3) is 0.755. The number of hydrogen-bond donors (Lipinski definition) is 20. The van der Waals surface area contributed by atoms with Crippen LogP contribution in [0.4, 0.5) is 0 Å². The minimum absolute atomic E-state index is 0.0272. The highest BCUT2D eigenvalue weighted by molar-refractivity contribution is 8.00. The van der Waals surface area contributed by atoms with E-state index in [0.717, 1.165) is 16.5 Å². The highest BCUT2D eigenvalue weighted by Crippen LogP contribution is 2.25. The number of carbonyl (C=O) groups is 16. The molecule has 2 aromatic rings. The van der Waals surface area contributed by atoms with E-state index < -0.39 is 181 Å². The van der Waals surface area contributed by atoms with Crippen LogP contribution in [0.15, 0.2) is 30.5 Å². The number of nitrogens with one attached hydrogen (secondary N) is 16. The van der Waals surface area contributed by atoms with Crippen LogP contribution in [0.3, 0.4) is 0 Å². The fourth-order valence-corrected chi connectivity index (χ4v) is 17.6. The van der Waals surface area contributed by atoms with Crippen LogP contribution >= 0.6 is 24.4 Å².